The summed E-state index contributed by atoms with van der Waals surface area (Å²) in [6, 6.07) is 8.66. The minimum absolute atomic E-state index is 0.0834. The average Bonchev–Trinajstić information content (AvgIpc) is 3.05. The second-order valence-electron chi connectivity index (χ2n) is 5.80. The highest BCUT2D eigenvalue weighted by molar-refractivity contribution is 7.91. The van der Waals surface area contributed by atoms with Crippen molar-refractivity contribution >= 4 is 32.4 Å². The lowest BCUT2D eigenvalue weighted by Gasteiger charge is -2.28. The smallest absolute Gasteiger partial charge is 0.272 e. The molecule has 0 radical (unpaired) electrons. The third kappa shape index (κ3) is 3.63. The molecule has 3 rings (SSSR count). The second-order valence-corrected chi connectivity index (χ2v) is 8.89. The van der Waals surface area contributed by atoms with Crippen LogP contribution in [0.5, 0.6) is 0 Å². The molecule has 1 fully saturated rings. The number of rotatable bonds is 4. The second kappa shape index (κ2) is 6.96. The largest absolute Gasteiger partial charge is 0.296 e. The van der Waals surface area contributed by atoms with E-state index < -0.39 is 10.0 Å². The van der Waals surface area contributed by atoms with Crippen molar-refractivity contribution in [1.82, 2.24) is 14.5 Å². The zero-order valence-electron chi connectivity index (χ0n) is 13.2. The summed E-state index contributed by atoms with van der Waals surface area (Å²) in [5.41, 5.74) is 0.474. The van der Waals surface area contributed by atoms with Crippen molar-refractivity contribution in [2.24, 2.45) is 5.92 Å². The van der Waals surface area contributed by atoms with Gasteiger partial charge < -0.3 is 0 Å². The minimum atomic E-state index is -3.65. The Hall–Kier alpha value is -1.84. The van der Waals surface area contributed by atoms with Crippen molar-refractivity contribution in [3.8, 4) is 0 Å². The number of anilines is 1. The predicted molar refractivity (Wildman–Crippen MR) is 91.5 cm³/mol. The monoisotopic (exact) mass is 366 g/mol. The van der Waals surface area contributed by atoms with Gasteiger partial charge in [-0.05, 0) is 30.9 Å². The number of benzene rings is 1. The number of aromatic nitrogens is 2. The van der Waals surface area contributed by atoms with E-state index in [0.29, 0.717) is 24.6 Å². The Bertz CT molecular complexity index is 820. The molecule has 1 amide bonds. The Morgan fingerprint density at radius 2 is 2.04 bits per heavy atom. The lowest BCUT2D eigenvalue weighted by atomic mass is 10.0. The van der Waals surface area contributed by atoms with Crippen LogP contribution < -0.4 is 5.32 Å². The molecule has 1 N–H and O–H groups in total. The van der Waals surface area contributed by atoms with Gasteiger partial charge in [-0.3, -0.25) is 10.1 Å². The Kier molecular flexibility index (Phi) is 4.93. The van der Waals surface area contributed by atoms with Crippen LogP contribution in [0.1, 0.15) is 30.1 Å². The number of hydrogen-bond acceptors (Lipinski definition) is 6. The van der Waals surface area contributed by atoms with E-state index in [0.717, 1.165) is 24.2 Å². The number of piperidine rings is 1. The summed E-state index contributed by atoms with van der Waals surface area (Å²) < 4.78 is 26.6. The number of amides is 1. The number of sulfonamides is 1. The molecule has 2 aromatic rings. The number of hydrogen-bond donors (Lipinski definition) is 1. The van der Waals surface area contributed by atoms with Crippen LogP contribution in [0.25, 0.3) is 0 Å². The van der Waals surface area contributed by atoms with E-state index in [1.165, 1.54) is 4.31 Å². The van der Waals surface area contributed by atoms with E-state index in [4.69, 9.17) is 0 Å². The maximum absolute atomic E-state index is 12.6. The zero-order valence-corrected chi connectivity index (χ0v) is 14.8. The van der Waals surface area contributed by atoms with Gasteiger partial charge in [0.1, 0.15) is 0 Å². The van der Waals surface area contributed by atoms with Crippen LogP contribution in [0.15, 0.2) is 34.7 Å². The van der Waals surface area contributed by atoms with E-state index in [1.807, 2.05) is 13.0 Å². The third-order valence-corrected chi connectivity index (χ3v) is 6.89. The van der Waals surface area contributed by atoms with E-state index in [-0.39, 0.29) is 15.4 Å². The molecule has 0 saturated carbocycles. The summed E-state index contributed by atoms with van der Waals surface area (Å²) in [5, 5.41) is 10.3. The fourth-order valence-electron chi connectivity index (χ4n) is 2.60. The van der Waals surface area contributed by atoms with Gasteiger partial charge in [0, 0.05) is 18.7 Å². The average molecular weight is 366 g/mol. The fraction of sp³-hybridized carbons (Fsp3) is 0.400. The van der Waals surface area contributed by atoms with Gasteiger partial charge in [0.05, 0.1) is 0 Å². The molecule has 1 aliphatic heterocycles. The molecule has 1 aliphatic rings. The first-order valence-corrected chi connectivity index (χ1v) is 9.92. The van der Waals surface area contributed by atoms with Crippen molar-refractivity contribution in [1.29, 1.82) is 0 Å². The number of nitrogens with zero attached hydrogens (tertiary/aromatic N) is 3. The van der Waals surface area contributed by atoms with Crippen molar-refractivity contribution in [2.75, 3.05) is 18.4 Å². The first-order chi connectivity index (χ1) is 11.5. The number of carbonyl (C=O) groups excluding carboxylic acids is 1. The molecule has 1 aromatic heterocycles. The lowest BCUT2D eigenvalue weighted by Crippen LogP contribution is -2.39. The van der Waals surface area contributed by atoms with Gasteiger partial charge in [0.2, 0.25) is 9.47 Å². The molecule has 9 heteroatoms. The molecular weight excluding hydrogens is 348 g/mol. The van der Waals surface area contributed by atoms with Gasteiger partial charge in [-0.1, -0.05) is 36.5 Å². The molecule has 1 aromatic carbocycles. The van der Waals surface area contributed by atoms with Gasteiger partial charge in [0.25, 0.3) is 15.9 Å². The summed E-state index contributed by atoms with van der Waals surface area (Å²) in [6.07, 6.45) is 1.87. The maximum Gasteiger partial charge on any atom is 0.272 e. The molecular formula is C15H18N4O3S2. The van der Waals surface area contributed by atoms with Gasteiger partial charge >= 0.3 is 0 Å². The standard InChI is InChI=1S/C15H18N4O3S2/c1-11-6-5-9-19(10-11)24(21,22)15-18-17-14(23-15)16-13(20)12-7-3-2-4-8-12/h2-4,7-8,11H,5-6,9-10H2,1H3,(H,16,17,20). The van der Waals surface area contributed by atoms with E-state index >= 15 is 0 Å². The van der Waals surface area contributed by atoms with Crippen LogP contribution in [0.2, 0.25) is 0 Å². The van der Waals surface area contributed by atoms with Crippen LogP contribution in [0.3, 0.4) is 0 Å². The SMILES string of the molecule is CC1CCCN(S(=O)(=O)c2nnc(NC(=O)c3ccccc3)s2)C1. The maximum atomic E-state index is 12.6. The highest BCUT2D eigenvalue weighted by Gasteiger charge is 2.31. The molecule has 7 nitrogen and oxygen atoms in total. The van der Waals surface area contributed by atoms with E-state index in [9.17, 15) is 13.2 Å². The molecule has 0 bridgehead atoms. The molecule has 1 unspecified atom stereocenters. The van der Waals surface area contributed by atoms with Crippen molar-refractivity contribution in [3.63, 3.8) is 0 Å². The summed E-state index contributed by atoms with van der Waals surface area (Å²) in [7, 11) is -3.65. The topological polar surface area (TPSA) is 92.3 Å². The Morgan fingerprint density at radius 1 is 1.29 bits per heavy atom. The quantitative estimate of drug-likeness (QED) is 0.838. The first-order valence-electron chi connectivity index (χ1n) is 7.67. The van der Waals surface area contributed by atoms with Gasteiger partial charge in [0.15, 0.2) is 0 Å². The highest BCUT2D eigenvalue weighted by atomic mass is 32.2. The molecule has 2 heterocycles. The first kappa shape index (κ1) is 17.0. The third-order valence-electron chi connectivity index (χ3n) is 3.84. The molecule has 1 saturated heterocycles. The summed E-state index contributed by atoms with van der Waals surface area (Å²) in [6.45, 7) is 3.03. The Labute approximate surface area is 144 Å². The van der Waals surface area contributed by atoms with Gasteiger partial charge in [-0.25, -0.2) is 8.42 Å². The Morgan fingerprint density at radius 3 is 2.75 bits per heavy atom. The predicted octanol–water partition coefficient (Wildman–Crippen LogP) is 2.21. The van der Waals surface area contributed by atoms with Crippen LogP contribution in [-0.2, 0) is 10.0 Å². The molecule has 0 spiro atoms. The number of carbonyl (C=O) groups is 1. The summed E-state index contributed by atoms with van der Waals surface area (Å²) in [4.78, 5) is 12.1. The van der Waals surface area contributed by atoms with Crippen LogP contribution in [0, 0.1) is 5.92 Å². The Balaban J connectivity index is 1.74. The van der Waals surface area contributed by atoms with Gasteiger partial charge in [-0.15, -0.1) is 10.2 Å². The molecule has 1 atom stereocenters. The fourth-order valence-corrected chi connectivity index (χ4v) is 5.23. The zero-order chi connectivity index (χ0) is 17.2. The number of nitrogens with one attached hydrogen (secondary N) is 1. The van der Waals surface area contributed by atoms with E-state index in [1.54, 1.807) is 24.3 Å². The van der Waals surface area contributed by atoms with Gasteiger partial charge in [-0.2, -0.15) is 4.31 Å². The summed E-state index contributed by atoms with van der Waals surface area (Å²) in [5.74, 6) is -0.0130. The highest BCUT2D eigenvalue weighted by Crippen LogP contribution is 2.27. The van der Waals surface area contributed by atoms with E-state index in [2.05, 4.69) is 15.5 Å². The van der Waals surface area contributed by atoms with Crippen LogP contribution in [0.4, 0.5) is 5.13 Å². The lowest BCUT2D eigenvalue weighted by molar-refractivity contribution is 0.102. The summed E-state index contributed by atoms with van der Waals surface area (Å²) >= 11 is 0.874. The van der Waals surface area contributed by atoms with Crippen molar-refractivity contribution in [3.05, 3.63) is 35.9 Å². The molecule has 128 valence electrons. The minimum Gasteiger partial charge on any atom is -0.296 e. The van der Waals surface area contributed by atoms with Crippen molar-refractivity contribution < 1.29 is 13.2 Å². The molecule has 0 aliphatic carbocycles. The van der Waals surface area contributed by atoms with Crippen molar-refractivity contribution in [2.45, 2.75) is 24.1 Å². The van der Waals surface area contributed by atoms with Crippen LogP contribution >= 0.6 is 11.3 Å². The molecule has 24 heavy (non-hydrogen) atoms. The normalized spacial score (nSPS) is 19.1. The van der Waals surface area contributed by atoms with Crippen LogP contribution in [-0.4, -0.2) is 41.9 Å².